The third-order valence-electron chi connectivity index (χ3n) is 4.49. The van der Waals surface area contributed by atoms with Crippen LogP contribution in [0.2, 0.25) is 5.02 Å². The molecular weight excluding hydrogens is 477 g/mol. The fourth-order valence-electron chi connectivity index (χ4n) is 3.19. The zero-order chi connectivity index (χ0) is 18.4. The minimum absolute atomic E-state index is 0. The van der Waals surface area contributed by atoms with Crippen molar-refractivity contribution < 1.29 is 9.47 Å². The molecule has 5 nitrogen and oxygen atoms in total. The lowest BCUT2D eigenvalue weighted by molar-refractivity contribution is -0.0249. The summed E-state index contributed by atoms with van der Waals surface area (Å²) in [5.41, 5.74) is 8.02. The summed E-state index contributed by atoms with van der Waals surface area (Å²) in [4.78, 5) is 4.52. The quantitative estimate of drug-likeness (QED) is 0.349. The van der Waals surface area contributed by atoms with Crippen LogP contribution in [0.4, 0.5) is 5.69 Å². The molecule has 2 atom stereocenters. The normalized spacial score (nSPS) is 19.9. The lowest BCUT2D eigenvalue weighted by Crippen LogP contribution is -2.28. The van der Waals surface area contributed by atoms with Crippen LogP contribution >= 0.6 is 35.6 Å². The molecule has 7 heteroatoms. The highest BCUT2D eigenvalue weighted by atomic mass is 127. The molecule has 0 amide bonds. The molecule has 146 valence electrons. The first-order valence-electron chi connectivity index (χ1n) is 8.74. The van der Waals surface area contributed by atoms with Crippen LogP contribution in [0, 0.1) is 5.92 Å². The second kappa shape index (κ2) is 10.7. The van der Waals surface area contributed by atoms with E-state index in [1.54, 1.807) is 19.2 Å². The van der Waals surface area contributed by atoms with E-state index in [1.165, 1.54) is 5.56 Å². The first-order valence-corrected chi connectivity index (χ1v) is 9.12. The second-order valence-corrected chi connectivity index (χ2v) is 6.71. The number of guanidine groups is 1. The molecule has 27 heavy (non-hydrogen) atoms. The van der Waals surface area contributed by atoms with E-state index in [0.717, 1.165) is 25.1 Å². The van der Waals surface area contributed by atoms with Gasteiger partial charge < -0.3 is 20.5 Å². The number of nitrogens with two attached hydrogens (primary N) is 1. The van der Waals surface area contributed by atoms with Gasteiger partial charge in [0.1, 0.15) is 5.75 Å². The van der Waals surface area contributed by atoms with Gasteiger partial charge in [0.15, 0.2) is 5.96 Å². The minimum Gasteiger partial charge on any atom is -0.495 e. The molecule has 0 radical (unpaired) electrons. The fraction of sp³-hybridized carbons (Fsp3) is 0.350. The van der Waals surface area contributed by atoms with E-state index in [0.29, 0.717) is 29.2 Å². The van der Waals surface area contributed by atoms with E-state index >= 15 is 0 Å². The predicted octanol–water partition coefficient (Wildman–Crippen LogP) is 4.86. The molecular formula is C20H25ClIN3O2. The van der Waals surface area contributed by atoms with E-state index in [2.05, 4.69) is 22.4 Å². The summed E-state index contributed by atoms with van der Waals surface area (Å²) in [6, 6.07) is 15.7. The van der Waals surface area contributed by atoms with Crippen LogP contribution in [-0.2, 0) is 4.74 Å². The van der Waals surface area contributed by atoms with Gasteiger partial charge in [-0.2, -0.15) is 0 Å². The van der Waals surface area contributed by atoms with Gasteiger partial charge >= 0.3 is 0 Å². The van der Waals surface area contributed by atoms with Crippen LogP contribution in [-0.4, -0.2) is 26.2 Å². The molecule has 1 saturated heterocycles. The summed E-state index contributed by atoms with van der Waals surface area (Å²) >= 11 is 6.14. The van der Waals surface area contributed by atoms with E-state index in [1.807, 2.05) is 24.3 Å². The highest BCUT2D eigenvalue weighted by Crippen LogP contribution is 2.33. The Balaban J connectivity index is 0.00000261. The summed E-state index contributed by atoms with van der Waals surface area (Å²) in [7, 11) is 1.58. The van der Waals surface area contributed by atoms with Crippen molar-refractivity contribution >= 4 is 47.2 Å². The topological polar surface area (TPSA) is 68.9 Å². The maximum Gasteiger partial charge on any atom is 0.193 e. The average molecular weight is 502 g/mol. The first-order chi connectivity index (χ1) is 12.7. The second-order valence-electron chi connectivity index (χ2n) is 6.30. The van der Waals surface area contributed by atoms with Gasteiger partial charge in [-0.15, -0.1) is 24.0 Å². The zero-order valence-corrected chi connectivity index (χ0v) is 18.3. The summed E-state index contributed by atoms with van der Waals surface area (Å²) in [6.07, 6.45) is 2.19. The SMILES string of the molecule is COc1ccc(NC(N)=NCC2CCCOC2c2ccccc2)cc1Cl.I. The van der Waals surface area contributed by atoms with Crippen molar-refractivity contribution in [1.29, 1.82) is 0 Å². The number of hydrogen-bond acceptors (Lipinski definition) is 3. The number of aliphatic imine (C=N–C) groups is 1. The Kier molecular flexibility index (Phi) is 8.66. The number of nitrogens with zero attached hydrogens (tertiary/aromatic N) is 1. The van der Waals surface area contributed by atoms with Gasteiger partial charge in [0.2, 0.25) is 0 Å². The smallest absolute Gasteiger partial charge is 0.193 e. The van der Waals surface area contributed by atoms with Crippen molar-refractivity contribution in [2.75, 3.05) is 25.6 Å². The number of nitrogens with one attached hydrogen (secondary N) is 1. The maximum absolute atomic E-state index is 6.14. The standard InChI is InChI=1S/C20H24ClN3O2.HI/c1-25-18-10-9-16(12-17(18)21)24-20(22)23-13-15-8-5-11-26-19(15)14-6-3-2-4-7-14;/h2-4,6-7,9-10,12,15,19H,5,8,11,13H2,1H3,(H3,22,23,24);1H. The van der Waals surface area contributed by atoms with E-state index in [9.17, 15) is 0 Å². The number of hydrogen-bond donors (Lipinski definition) is 2. The highest BCUT2D eigenvalue weighted by Gasteiger charge is 2.27. The summed E-state index contributed by atoms with van der Waals surface area (Å²) in [5.74, 6) is 1.30. The zero-order valence-electron chi connectivity index (χ0n) is 15.2. The Morgan fingerprint density at radius 3 is 2.78 bits per heavy atom. The van der Waals surface area contributed by atoms with Gasteiger partial charge in [-0.25, -0.2) is 0 Å². The monoisotopic (exact) mass is 501 g/mol. The van der Waals surface area contributed by atoms with Crippen LogP contribution in [0.15, 0.2) is 53.5 Å². The largest absolute Gasteiger partial charge is 0.495 e. The minimum atomic E-state index is 0. The number of anilines is 1. The van der Waals surface area contributed by atoms with E-state index in [-0.39, 0.29) is 30.1 Å². The third kappa shape index (κ3) is 5.99. The van der Waals surface area contributed by atoms with E-state index in [4.69, 9.17) is 26.8 Å². The van der Waals surface area contributed by atoms with E-state index < -0.39 is 0 Å². The van der Waals surface area contributed by atoms with Crippen molar-refractivity contribution in [3.63, 3.8) is 0 Å². The Labute approximate surface area is 182 Å². The Hall–Kier alpha value is -1.51. The molecule has 0 saturated carbocycles. The van der Waals surface area contributed by atoms with Gasteiger partial charge in [-0.05, 0) is 36.6 Å². The summed E-state index contributed by atoms with van der Waals surface area (Å²) < 4.78 is 11.2. The molecule has 0 bridgehead atoms. The molecule has 3 N–H and O–H groups in total. The molecule has 1 fully saturated rings. The van der Waals surface area contributed by atoms with Crippen molar-refractivity contribution in [2.45, 2.75) is 18.9 Å². The molecule has 3 rings (SSSR count). The lowest BCUT2D eigenvalue weighted by atomic mass is 9.89. The third-order valence-corrected chi connectivity index (χ3v) is 4.79. The molecule has 2 aromatic rings. The van der Waals surface area contributed by atoms with Crippen LogP contribution in [0.3, 0.4) is 0 Å². The number of rotatable bonds is 5. The lowest BCUT2D eigenvalue weighted by Gasteiger charge is -2.31. The molecule has 0 aliphatic carbocycles. The Bertz CT molecular complexity index is 758. The van der Waals surface area contributed by atoms with Gasteiger partial charge in [0.05, 0.1) is 18.2 Å². The van der Waals surface area contributed by atoms with Crippen molar-refractivity contribution in [3.8, 4) is 5.75 Å². The van der Waals surface area contributed by atoms with Crippen molar-refractivity contribution in [2.24, 2.45) is 16.6 Å². The van der Waals surface area contributed by atoms with Crippen molar-refractivity contribution in [3.05, 3.63) is 59.1 Å². The van der Waals surface area contributed by atoms with Gasteiger partial charge in [0.25, 0.3) is 0 Å². The highest BCUT2D eigenvalue weighted by molar-refractivity contribution is 14.0. The van der Waals surface area contributed by atoms with Crippen LogP contribution in [0.25, 0.3) is 0 Å². The number of benzene rings is 2. The van der Waals surface area contributed by atoms with Gasteiger partial charge in [-0.1, -0.05) is 41.9 Å². The summed E-state index contributed by atoms with van der Waals surface area (Å²) in [6.45, 7) is 1.40. The number of ether oxygens (including phenoxy) is 2. The number of methoxy groups -OCH3 is 1. The Morgan fingerprint density at radius 1 is 1.30 bits per heavy atom. The molecule has 0 spiro atoms. The molecule has 1 heterocycles. The van der Waals surface area contributed by atoms with Gasteiger partial charge in [0, 0.05) is 24.8 Å². The molecule has 1 aliphatic rings. The van der Waals surface area contributed by atoms with Crippen LogP contribution < -0.4 is 15.8 Å². The number of halogens is 2. The molecule has 2 aromatic carbocycles. The molecule has 0 aromatic heterocycles. The van der Waals surface area contributed by atoms with Crippen LogP contribution in [0.1, 0.15) is 24.5 Å². The first kappa shape index (κ1) is 21.8. The van der Waals surface area contributed by atoms with Crippen molar-refractivity contribution in [1.82, 2.24) is 0 Å². The Morgan fingerprint density at radius 2 is 2.07 bits per heavy atom. The summed E-state index contributed by atoms with van der Waals surface area (Å²) in [5, 5.41) is 3.60. The predicted molar refractivity (Wildman–Crippen MR) is 121 cm³/mol. The fourth-order valence-corrected chi connectivity index (χ4v) is 3.45. The maximum atomic E-state index is 6.14. The molecule has 2 unspecified atom stereocenters. The average Bonchev–Trinajstić information content (AvgIpc) is 2.67. The molecule has 1 aliphatic heterocycles. The van der Waals surface area contributed by atoms with Gasteiger partial charge in [-0.3, -0.25) is 4.99 Å². The van der Waals surface area contributed by atoms with Crippen LogP contribution in [0.5, 0.6) is 5.75 Å².